The molecule has 11 nitrogen and oxygen atoms in total. The average Bonchev–Trinajstić information content (AvgIpc) is 3.45. The third-order valence-corrected chi connectivity index (χ3v) is 12.1. The second kappa shape index (κ2) is 10.6. The zero-order valence-corrected chi connectivity index (χ0v) is 24.5. The zero-order chi connectivity index (χ0) is 30.2. The van der Waals surface area contributed by atoms with Crippen LogP contribution in [-0.2, 0) is 33.3 Å². The smallest absolute Gasteiger partial charge is 0.331 e. The number of fused-ring (bicyclic) bond motifs is 5. The van der Waals surface area contributed by atoms with Crippen LogP contribution in [0.15, 0.2) is 11.6 Å². The number of hydrogen-bond donors (Lipinski definition) is 4. The molecule has 0 spiro atoms. The Bertz CT molecular complexity index is 1140. The van der Waals surface area contributed by atoms with Crippen molar-refractivity contribution in [3.05, 3.63) is 11.6 Å². The summed E-state index contributed by atoms with van der Waals surface area (Å²) in [5.41, 5.74) is -1.71. The topological polar surface area (TPSA) is 169 Å². The standard InChI is InChI=1S/C31H44O11/c1-15-25(36)27(41-16(2)33)26(37)28(40-15)42-19-6-9-30(14-32)18(11-19)4-5-21-20(30)7-8-29(3)24(17-10-23(35)39-13-17)22(34)12-31(21,29)38/h10,14-15,18-22,24-28,34,36-38H,4-9,11-13H2,1-3H3/t15-,18+,19-,20-,21+,22+,24-,25-,26+,27+,28+,29+,30+,31-/m0/s1. The molecule has 0 aromatic heterocycles. The summed E-state index contributed by atoms with van der Waals surface area (Å²) in [6.07, 6.45) is 0.603. The Kier molecular flexibility index (Phi) is 7.63. The zero-order valence-electron chi connectivity index (χ0n) is 24.5. The van der Waals surface area contributed by atoms with Gasteiger partial charge in [-0.25, -0.2) is 4.79 Å². The number of hydrogen-bond acceptors (Lipinski definition) is 11. The first-order valence-corrected chi connectivity index (χ1v) is 15.4. The summed E-state index contributed by atoms with van der Waals surface area (Å²) in [7, 11) is 0. The number of rotatable bonds is 5. The first-order valence-electron chi connectivity index (χ1n) is 15.4. The minimum absolute atomic E-state index is 0.0154. The van der Waals surface area contributed by atoms with Crippen LogP contribution in [0.25, 0.3) is 0 Å². The maximum absolute atomic E-state index is 13.0. The van der Waals surface area contributed by atoms with Crippen molar-refractivity contribution >= 4 is 18.2 Å². The molecule has 14 atom stereocenters. The van der Waals surface area contributed by atoms with E-state index in [1.54, 1.807) is 6.92 Å². The Morgan fingerprint density at radius 2 is 1.86 bits per heavy atom. The van der Waals surface area contributed by atoms with Crippen molar-refractivity contribution in [2.24, 2.45) is 34.5 Å². The van der Waals surface area contributed by atoms with Crippen LogP contribution in [0.2, 0.25) is 0 Å². The van der Waals surface area contributed by atoms with E-state index in [1.165, 1.54) is 13.0 Å². The van der Waals surface area contributed by atoms with Gasteiger partial charge in [0.25, 0.3) is 0 Å². The van der Waals surface area contributed by atoms with E-state index < -0.39 is 65.2 Å². The molecule has 4 saturated carbocycles. The molecule has 0 aromatic rings. The van der Waals surface area contributed by atoms with Gasteiger partial charge in [0.15, 0.2) is 12.4 Å². The lowest BCUT2D eigenvalue weighted by Crippen LogP contribution is -2.63. The number of ether oxygens (including phenoxy) is 4. The Morgan fingerprint density at radius 3 is 2.52 bits per heavy atom. The van der Waals surface area contributed by atoms with Crippen molar-refractivity contribution < 1.29 is 53.8 Å². The molecule has 4 aliphatic carbocycles. The SMILES string of the molecule is CC(=O)O[C@@H]1[C@@H](O)[C@H](C)O[C@H](O[C@H]2CC[C@@]3(C=O)[C@H](CC[C@@H]4[C@@H]3CC[C@]3(C)[C@@H](C5=CC(=O)OC5)[C@H](O)C[C@]43O)C2)[C@@H]1O. The minimum atomic E-state index is -1.36. The van der Waals surface area contributed by atoms with Crippen molar-refractivity contribution in [1.29, 1.82) is 0 Å². The summed E-state index contributed by atoms with van der Waals surface area (Å²) in [5.74, 6) is -1.60. The third-order valence-electron chi connectivity index (χ3n) is 12.1. The molecular weight excluding hydrogens is 548 g/mol. The van der Waals surface area contributed by atoms with Crippen molar-refractivity contribution in [3.63, 3.8) is 0 Å². The number of esters is 2. The van der Waals surface area contributed by atoms with Crippen LogP contribution in [0.1, 0.15) is 72.1 Å². The van der Waals surface area contributed by atoms with Gasteiger partial charge in [0, 0.05) is 36.2 Å². The van der Waals surface area contributed by atoms with Gasteiger partial charge in [-0.3, -0.25) is 4.79 Å². The molecule has 0 amide bonds. The monoisotopic (exact) mass is 592 g/mol. The lowest BCUT2D eigenvalue weighted by molar-refractivity contribution is -0.311. The predicted octanol–water partition coefficient (Wildman–Crippen LogP) is 1.18. The Labute approximate surface area is 245 Å². The van der Waals surface area contributed by atoms with E-state index in [9.17, 15) is 34.8 Å². The number of aldehydes is 1. The molecule has 11 heteroatoms. The number of cyclic esters (lactones) is 1. The van der Waals surface area contributed by atoms with Crippen molar-refractivity contribution in [2.75, 3.05) is 6.61 Å². The first kappa shape index (κ1) is 30.1. The molecular formula is C31H44O11. The van der Waals surface area contributed by atoms with Gasteiger partial charge < -0.3 is 44.2 Å². The molecule has 4 N–H and O–H groups in total. The van der Waals surface area contributed by atoms with Crippen LogP contribution in [0.4, 0.5) is 0 Å². The fourth-order valence-electron chi connectivity index (χ4n) is 10.1. The van der Waals surface area contributed by atoms with Gasteiger partial charge in [0.05, 0.1) is 23.9 Å². The van der Waals surface area contributed by atoms with Crippen LogP contribution in [0.5, 0.6) is 0 Å². The highest BCUT2D eigenvalue weighted by Crippen LogP contribution is 2.69. The van der Waals surface area contributed by atoms with Gasteiger partial charge in [-0.15, -0.1) is 0 Å². The summed E-state index contributed by atoms with van der Waals surface area (Å²) < 4.78 is 22.3. The summed E-state index contributed by atoms with van der Waals surface area (Å²) in [5, 5.41) is 44.9. The van der Waals surface area contributed by atoms with Gasteiger partial charge in [-0.05, 0) is 75.2 Å². The van der Waals surface area contributed by atoms with Crippen LogP contribution in [-0.4, -0.2) is 93.8 Å². The van der Waals surface area contributed by atoms with Crippen LogP contribution in [0, 0.1) is 34.5 Å². The Balaban J connectivity index is 1.19. The highest BCUT2D eigenvalue weighted by molar-refractivity contribution is 5.85. The normalized spacial score (nSPS) is 51.9. The molecule has 0 unspecified atom stereocenters. The Hall–Kier alpha value is -1.89. The van der Waals surface area contributed by atoms with Gasteiger partial charge in [-0.1, -0.05) is 6.92 Å². The molecule has 234 valence electrons. The summed E-state index contributed by atoms with van der Waals surface area (Å²) in [6.45, 7) is 5.00. The van der Waals surface area contributed by atoms with Crippen molar-refractivity contribution in [2.45, 2.75) is 121 Å². The summed E-state index contributed by atoms with van der Waals surface area (Å²) >= 11 is 0. The predicted molar refractivity (Wildman–Crippen MR) is 144 cm³/mol. The number of carbonyl (C=O) groups is 3. The Morgan fingerprint density at radius 1 is 1.10 bits per heavy atom. The molecule has 6 aliphatic rings. The van der Waals surface area contributed by atoms with Gasteiger partial charge in [-0.2, -0.15) is 0 Å². The van der Waals surface area contributed by atoms with Gasteiger partial charge in [0.1, 0.15) is 25.1 Å². The van der Waals surface area contributed by atoms with E-state index in [1.807, 2.05) is 6.92 Å². The highest BCUT2D eigenvalue weighted by Gasteiger charge is 2.71. The van der Waals surface area contributed by atoms with Gasteiger partial charge in [0.2, 0.25) is 0 Å². The number of carbonyl (C=O) groups excluding carboxylic acids is 3. The molecule has 2 heterocycles. The summed E-state index contributed by atoms with van der Waals surface area (Å²) in [6, 6.07) is 0. The van der Waals surface area contributed by atoms with Crippen LogP contribution in [0.3, 0.4) is 0 Å². The van der Waals surface area contributed by atoms with E-state index >= 15 is 0 Å². The van der Waals surface area contributed by atoms with E-state index in [0.717, 1.165) is 18.3 Å². The van der Waals surface area contributed by atoms with Crippen LogP contribution < -0.4 is 0 Å². The molecule has 1 saturated heterocycles. The molecule has 0 radical (unpaired) electrons. The van der Waals surface area contributed by atoms with E-state index in [0.29, 0.717) is 38.5 Å². The maximum Gasteiger partial charge on any atom is 0.331 e. The van der Waals surface area contributed by atoms with Crippen molar-refractivity contribution in [1.82, 2.24) is 0 Å². The lowest BCUT2D eigenvalue weighted by Gasteiger charge is -2.63. The first-order chi connectivity index (χ1) is 19.8. The highest BCUT2D eigenvalue weighted by atomic mass is 16.7. The third kappa shape index (κ3) is 4.41. The van der Waals surface area contributed by atoms with Crippen LogP contribution >= 0.6 is 0 Å². The van der Waals surface area contributed by atoms with E-state index in [-0.39, 0.29) is 42.8 Å². The second-order valence-electron chi connectivity index (χ2n) is 14.0. The molecule has 6 rings (SSSR count). The van der Waals surface area contributed by atoms with Crippen molar-refractivity contribution in [3.8, 4) is 0 Å². The quantitative estimate of drug-likeness (QED) is 0.205. The fourth-order valence-corrected chi connectivity index (χ4v) is 10.1. The van der Waals surface area contributed by atoms with E-state index in [2.05, 4.69) is 0 Å². The summed E-state index contributed by atoms with van der Waals surface area (Å²) in [4.78, 5) is 36.4. The maximum atomic E-state index is 13.0. The number of aliphatic hydroxyl groups is 4. The largest absolute Gasteiger partial charge is 0.458 e. The molecule has 5 fully saturated rings. The van der Waals surface area contributed by atoms with E-state index in [4.69, 9.17) is 18.9 Å². The minimum Gasteiger partial charge on any atom is -0.458 e. The molecule has 0 aromatic carbocycles. The second-order valence-corrected chi connectivity index (χ2v) is 14.0. The van der Waals surface area contributed by atoms with Gasteiger partial charge >= 0.3 is 11.9 Å². The molecule has 42 heavy (non-hydrogen) atoms. The molecule has 2 aliphatic heterocycles. The molecule has 0 bridgehead atoms. The lowest BCUT2D eigenvalue weighted by atomic mass is 9.43. The average molecular weight is 593 g/mol. The fraction of sp³-hybridized carbons (Fsp3) is 0.839. The number of aliphatic hydroxyl groups excluding tert-OH is 3.